The number of rotatable bonds is 3. The number of hydrogen-bond acceptors (Lipinski definition) is 4. The van der Waals surface area contributed by atoms with E-state index in [9.17, 15) is 5.11 Å². The summed E-state index contributed by atoms with van der Waals surface area (Å²) in [6, 6.07) is 8.50. The predicted molar refractivity (Wildman–Crippen MR) is 109 cm³/mol. The Morgan fingerprint density at radius 3 is 2.72 bits per heavy atom. The number of hydrogen-bond donors (Lipinski definition) is 2. The Labute approximate surface area is 174 Å². The van der Waals surface area contributed by atoms with Crippen LogP contribution in [0.2, 0.25) is 10.0 Å². The molecule has 0 amide bonds. The number of aromatic amines is 1. The zero-order valence-corrected chi connectivity index (χ0v) is 17.7. The van der Waals surface area contributed by atoms with Crippen LogP contribution in [0.15, 0.2) is 44.4 Å². The zero-order valence-electron chi connectivity index (χ0n) is 12.2. The van der Waals surface area contributed by atoms with Crippen molar-refractivity contribution in [3.8, 4) is 17.1 Å². The van der Waals surface area contributed by atoms with E-state index in [1.807, 2.05) is 0 Å². The molecular weight excluding hydrogens is 515 g/mol. The average molecular weight is 523 g/mol. The average Bonchev–Trinajstić information content (AvgIpc) is 2.90. The van der Waals surface area contributed by atoms with E-state index in [1.165, 1.54) is 10.9 Å². The molecule has 0 aliphatic rings. The van der Waals surface area contributed by atoms with Crippen molar-refractivity contribution >= 4 is 73.5 Å². The number of aromatic nitrogens is 3. The van der Waals surface area contributed by atoms with E-state index < -0.39 is 0 Å². The maximum atomic E-state index is 10.1. The molecule has 0 spiro atoms. The lowest BCUT2D eigenvalue weighted by atomic mass is 10.2. The first-order valence-electron chi connectivity index (χ1n) is 6.72. The highest BCUT2D eigenvalue weighted by molar-refractivity contribution is 9.11. The van der Waals surface area contributed by atoms with E-state index in [1.54, 1.807) is 30.3 Å². The molecule has 0 unspecified atom stereocenters. The highest BCUT2D eigenvalue weighted by Gasteiger charge is 2.13. The molecule has 0 saturated heterocycles. The van der Waals surface area contributed by atoms with Gasteiger partial charge >= 0.3 is 0 Å². The number of H-pyrrole nitrogens is 1. The van der Waals surface area contributed by atoms with Crippen LogP contribution < -0.4 is 0 Å². The Kier molecular flexibility index (Phi) is 5.65. The number of nitrogens with one attached hydrogen (secondary N) is 1. The van der Waals surface area contributed by atoms with Crippen molar-refractivity contribution in [1.29, 1.82) is 0 Å². The number of nitrogens with zero attached hydrogens (tertiary/aromatic N) is 3. The van der Waals surface area contributed by atoms with Crippen molar-refractivity contribution in [2.45, 2.75) is 0 Å². The van der Waals surface area contributed by atoms with E-state index in [0.717, 1.165) is 4.47 Å². The largest absolute Gasteiger partial charge is 0.506 e. The van der Waals surface area contributed by atoms with Crippen molar-refractivity contribution in [2.75, 3.05) is 0 Å². The summed E-state index contributed by atoms with van der Waals surface area (Å²) < 4.78 is 3.03. The van der Waals surface area contributed by atoms with Gasteiger partial charge in [-0.25, -0.2) is 5.10 Å². The number of benzene rings is 2. The summed E-state index contributed by atoms with van der Waals surface area (Å²) in [5.41, 5.74) is 1.12. The topological polar surface area (TPSA) is 66.2 Å². The predicted octanol–water partition coefficient (Wildman–Crippen LogP) is 6.03. The molecule has 0 atom stereocenters. The Morgan fingerprint density at radius 2 is 2.00 bits per heavy atom. The summed E-state index contributed by atoms with van der Waals surface area (Å²) in [6.07, 6.45) is 1.48. The van der Waals surface area contributed by atoms with E-state index in [-0.39, 0.29) is 10.5 Å². The van der Waals surface area contributed by atoms with Gasteiger partial charge in [-0.05, 0) is 58.5 Å². The molecule has 25 heavy (non-hydrogen) atoms. The quantitative estimate of drug-likeness (QED) is 0.326. The maximum Gasteiger partial charge on any atom is 0.216 e. The molecule has 1 aromatic heterocycles. The normalized spacial score (nSPS) is 11.4. The fourth-order valence-electron chi connectivity index (χ4n) is 2.05. The second-order valence-corrected chi connectivity index (χ2v) is 7.86. The third-order valence-electron chi connectivity index (χ3n) is 3.19. The number of aromatic hydroxyl groups is 1. The van der Waals surface area contributed by atoms with Crippen molar-refractivity contribution in [2.24, 2.45) is 5.10 Å². The highest BCUT2D eigenvalue weighted by Crippen LogP contribution is 2.31. The van der Waals surface area contributed by atoms with Crippen LogP contribution in [0, 0.1) is 4.77 Å². The molecule has 2 N–H and O–H groups in total. The Balaban J connectivity index is 2.08. The van der Waals surface area contributed by atoms with Crippen molar-refractivity contribution in [1.82, 2.24) is 14.9 Å². The molecule has 0 aliphatic heterocycles. The van der Waals surface area contributed by atoms with Crippen LogP contribution in [0.5, 0.6) is 5.75 Å². The first-order chi connectivity index (χ1) is 11.9. The number of halogens is 4. The fourth-order valence-corrected chi connectivity index (χ4v) is 3.98. The first kappa shape index (κ1) is 18.6. The van der Waals surface area contributed by atoms with Gasteiger partial charge in [0, 0.05) is 20.6 Å². The van der Waals surface area contributed by atoms with Gasteiger partial charge < -0.3 is 5.11 Å². The van der Waals surface area contributed by atoms with E-state index >= 15 is 0 Å². The Bertz CT molecular complexity index is 1050. The van der Waals surface area contributed by atoms with Gasteiger partial charge in [-0.1, -0.05) is 39.1 Å². The van der Waals surface area contributed by atoms with Gasteiger partial charge in [-0.15, -0.1) is 0 Å². The van der Waals surface area contributed by atoms with Gasteiger partial charge in [0.05, 0.1) is 15.7 Å². The van der Waals surface area contributed by atoms with Crippen LogP contribution in [0.4, 0.5) is 0 Å². The molecule has 3 rings (SSSR count). The van der Waals surface area contributed by atoms with Gasteiger partial charge in [-0.3, -0.25) is 0 Å². The minimum Gasteiger partial charge on any atom is -0.506 e. The summed E-state index contributed by atoms with van der Waals surface area (Å²) in [5.74, 6) is 0.490. The van der Waals surface area contributed by atoms with Gasteiger partial charge in [0.2, 0.25) is 4.77 Å². The van der Waals surface area contributed by atoms with Gasteiger partial charge in [-0.2, -0.15) is 14.9 Å². The van der Waals surface area contributed by atoms with Crippen molar-refractivity contribution in [3.63, 3.8) is 0 Å². The molecule has 10 heteroatoms. The molecule has 1 heterocycles. The second kappa shape index (κ2) is 7.59. The summed E-state index contributed by atoms with van der Waals surface area (Å²) >= 11 is 24.0. The molecule has 5 nitrogen and oxygen atoms in total. The number of phenols is 1. The lowest BCUT2D eigenvalue weighted by Gasteiger charge is -2.05. The van der Waals surface area contributed by atoms with Crippen LogP contribution in [0.25, 0.3) is 11.4 Å². The Hall–Kier alpha value is -1.19. The lowest BCUT2D eigenvalue weighted by molar-refractivity contribution is 0.471. The molecule has 0 aliphatic carbocycles. The van der Waals surface area contributed by atoms with Crippen LogP contribution in [-0.4, -0.2) is 26.2 Å². The smallest absolute Gasteiger partial charge is 0.216 e. The van der Waals surface area contributed by atoms with Crippen LogP contribution >= 0.6 is 67.3 Å². The van der Waals surface area contributed by atoms with Gasteiger partial charge in [0.15, 0.2) is 5.82 Å². The molecule has 0 saturated carbocycles. The highest BCUT2D eigenvalue weighted by atomic mass is 79.9. The molecule has 128 valence electrons. The summed E-state index contributed by atoms with van der Waals surface area (Å²) in [7, 11) is 0. The standard InChI is InChI=1S/C15H8Br2Cl2N4OS/c16-8-3-7(13(24)11(17)4-8)6-20-23-14(21-22-15(23)25)10-2-1-9(18)5-12(10)19/h1-6,24H,(H,22,25)/b20-6+. The molecule has 3 aromatic rings. The summed E-state index contributed by atoms with van der Waals surface area (Å²) in [4.78, 5) is 0. The monoisotopic (exact) mass is 520 g/mol. The SMILES string of the molecule is Oc1c(Br)cc(Br)cc1/C=N/n1c(-c2ccc(Cl)cc2Cl)n[nH]c1=S. The third kappa shape index (κ3) is 3.98. The van der Waals surface area contributed by atoms with Crippen molar-refractivity contribution < 1.29 is 5.11 Å². The van der Waals surface area contributed by atoms with E-state index in [0.29, 0.717) is 31.5 Å². The summed E-state index contributed by atoms with van der Waals surface area (Å²) in [6.45, 7) is 0. The lowest BCUT2D eigenvalue weighted by Crippen LogP contribution is -1.96. The molecule has 0 fully saturated rings. The van der Waals surface area contributed by atoms with Gasteiger partial charge in [0.25, 0.3) is 0 Å². The summed E-state index contributed by atoms with van der Waals surface area (Å²) in [5, 5.41) is 22.2. The van der Waals surface area contributed by atoms with Gasteiger partial charge in [0.1, 0.15) is 5.75 Å². The first-order valence-corrected chi connectivity index (χ1v) is 9.47. The van der Waals surface area contributed by atoms with E-state index in [4.69, 9.17) is 35.4 Å². The van der Waals surface area contributed by atoms with Crippen LogP contribution in [-0.2, 0) is 0 Å². The molecule has 0 bridgehead atoms. The zero-order chi connectivity index (χ0) is 18.1. The molecule has 2 aromatic carbocycles. The van der Waals surface area contributed by atoms with Crippen LogP contribution in [0.3, 0.4) is 0 Å². The van der Waals surface area contributed by atoms with Crippen molar-refractivity contribution in [3.05, 3.63) is 59.7 Å². The fraction of sp³-hybridized carbons (Fsp3) is 0. The van der Waals surface area contributed by atoms with Crippen LogP contribution in [0.1, 0.15) is 5.56 Å². The third-order valence-corrected chi connectivity index (χ3v) is 5.07. The second-order valence-electron chi connectivity index (χ2n) is 4.86. The maximum absolute atomic E-state index is 10.1. The Morgan fingerprint density at radius 1 is 1.24 bits per heavy atom. The number of phenolic OH excluding ortho intramolecular Hbond substituents is 1. The molecular formula is C15H8Br2Cl2N4OS. The molecule has 0 radical (unpaired) electrons. The minimum atomic E-state index is 0.0630. The minimum absolute atomic E-state index is 0.0630. The van der Waals surface area contributed by atoms with E-state index in [2.05, 4.69) is 47.2 Å².